The predicted molar refractivity (Wildman–Crippen MR) is 59.3 cm³/mol. The summed E-state index contributed by atoms with van der Waals surface area (Å²) in [6.45, 7) is 1.83. The zero-order chi connectivity index (χ0) is 13.1. The average Bonchev–Trinajstić information content (AvgIpc) is 2.27. The number of aliphatic hydroxyl groups is 1. The van der Waals surface area contributed by atoms with Crippen LogP contribution in [0.1, 0.15) is 37.0 Å². The van der Waals surface area contributed by atoms with Crippen LogP contribution in [-0.2, 0) is 6.18 Å². The van der Waals surface area contributed by atoms with E-state index in [2.05, 4.69) is 0 Å². The molecule has 0 aliphatic rings. The Hall–Kier alpha value is -1.07. The molecule has 0 aromatic heterocycles. The molecule has 5 heteroatoms. The number of hydrogen-bond acceptors (Lipinski definition) is 2. The van der Waals surface area contributed by atoms with Gasteiger partial charge in [0, 0.05) is 6.04 Å². The van der Waals surface area contributed by atoms with Crippen molar-refractivity contribution in [2.24, 2.45) is 5.73 Å². The fraction of sp³-hybridized carbons (Fsp3) is 0.500. The van der Waals surface area contributed by atoms with Crippen LogP contribution in [0, 0.1) is 0 Å². The molecule has 1 rings (SSSR count). The Balaban J connectivity index is 2.97. The van der Waals surface area contributed by atoms with Gasteiger partial charge in [-0.15, -0.1) is 0 Å². The molecule has 0 bridgehead atoms. The first-order valence-electron chi connectivity index (χ1n) is 5.46. The normalized spacial score (nSPS) is 15.6. The highest BCUT2D eigenvalue weighted by Gasteiger charge is 2.34. The maximum Gasteiger partial charge on any atom is 0.416 e. The molecule has 0 aliphatic carbocycles. The maximum atomic E-state index is 12.7. The summed E-state index contributed by atoms with van der Waals surface area (Å²) in [6, 6.07) is 4.74. The molecule has 0 aliphatic heterocycles. The van der Waals surface area contributed by atoms with Crippen LogP contribution in [0.15, 0.2) is 24.3 Å². The third-order valence-corrected chi connectivity index (χ3v) is 2.68. The van der Waals surface area contributed by atoms with Gasteiger partial charge in [0.1, 0.15) is 0 Å². The fourth-order valence-corrected chi connectivity index (χ4v) is 1.63. The second-order valence-corrected chi connectivity index (χ2v) is 4.00. The van der Waals surface area contributed by atoms with Gasteiger partial charge in [-0.05, 0) is 24.5 Å². The van der Waals surface area contributed by atoms with E-state index in [1.165, 1.54) is 18.2 Å². The van der Waals surface area contributed by atoms with Gasteiger partial charge in [0.25, 0.3) is 0 Å². The van der Waals surface area contributed by atoms with E-state index in [-0.39, 0.29) is 18.0 Å². The summed E-state index contributed by atoms with van der Waals surface area (Å²) in [4.78, 5) is 0. The van der Waals surface area contributed by atoms with Gasteiger partial charge in [0.15, 0.2) is 0 Å². The van der Waals surface area contributed by atoms with Crippen molar-refractivity contribution in [3.05, 3.63) is 35.4 Å². The lowest BCUT2D eigenvalue weighted by molar-refractivity contribution is -0.139. The molecule has 2 nitrogen and oxygen atoms in total. The minimum Gasteiger partial charge on any atom is -0.388 e. The second kappa shape index (κ2) is 5.51. The summed E-state index contributed by atoms with van der Waals surface area (Å²) in [6.07, 6.45) is -4.88. The lowest BCUT2D eigenvalue weighted by atomic mass is 9.96. The van der Waals surface area contributed by atoms with Gasteiger partial charge in [-0.25, -0.2) is 0 Å². The molecule has 1 aromatic carbocycles. The highest BCUT2D eigenvalue weighted by molar-refractivity contribution is 5.31. The Morgan fingerprint density at radius 2 is 1.88 bits per heavy atom. The summed E-state index contributed by atoms with van der Waals surface area (Å²) in [5.74, 6) is 0. The van der Waals surface area contributed by atoms with Gasteiger partial charge in [0.2, 0.25) is 0 Å². The number of hydrogen-bond donors (Lipinski definition) is 2. The van der Waals surface area contributed by atoms with E-state index in [1.807, 2.05) is 6.92 Å². The van der Waals surface area contributed by atoms with E-state index in [0.717, 1.165) is 6.07 Å². The Morgan fingerprint density at radius 3 is 2.41 bits per heavy atom. The Labute approximate surface area is 98.3 Å². The van der Waals surface area contributed by atoms with Gasteiger partial charge in [-0.1, -0.05) is 25.1 Å². The van der Waals surface area contributed by atoms with Crippen LogP contribution in [-0.4, -0.2) is 11.1 Å². The summed E-state index contributed by atoms with van der Waals surface area (Å²) in [7, 11) is 0. The fourth-order valence-electron chi connectivity index (χ4n) is 1.63. The number of rotatable bonds is 4. The van der Waals surface area contributed by atoms with Crippen LogP contribution in [0.2, 0.25) is 0 Å². The molecular weight excluding hydrogens is 231 g/mol. The molecule has 2 atom stereocenters. The molecule has 2 unspecified atom stereocenters. The van der Waals surface area contributed by atoms with Crippen molar-refractivity contribution in [1.29, 1.82) is 0 Å². The number of aliphatic hydroxyl groups excluding tert-OH is 1. The molecule has 0 saturated carbocycles. The highest BCUT2D eigenvalue weighted by atomic mass is 19.4. The van der Waals surface area contributed by atoms with E-state index in [0.29, 0.717) is 6.42 Å². The van der Waals surface area contributed by atoms with Crippen LogP contribution >= 0.6 is 0 Å². The largest absolute Gasteiger partial charge is 0.416 e. The third kappa shape index (κ3) is 3.71. The van der Waals surface area contributed by atoms with Crippen molar-refractivity contribution in [2.45, 2.75) is 38.1 Å². The monoisotopic (exact) mass is 247 g/mol. The van der Waals surface area contributed by atoms with Crippen molar-refractivity contribution in [2.75, 3.05) is 0 Å². The molecule has 0 heterocycles. The van der Waals surface area contributed by atoms with Crippen molar-refractivity contribution in [3.63, 3.8) is 0 Å². The zero-order valence-corrected chi connectivity index (χ0v) is 9.54. The first kappa shape index (κ1) is 14.0. The molecule has 3 N–H and O–H groups in total. The number of nitrogens with two attached hydrogens (primary N) is 1. The van der Waals surface area contributed by atoms with E-state index < -0.39 is 17.8 Å². The zero-order valence-electron chi connectivity index (χ0n) is 9.54. The highest BCUT2D eigenvalue weighted by Crippen LogP contribution is 2.35. The number of benzene rings is 1. The Bertz CT molecular complexity index is 365. The van der Waals surface area contributed by atoms with E-state index in [4.69, 9.17) is 5.73 Å². The molecule has 1 aromatic rings. The molecule has 0 spiro atoms. The van der Waals surface area contributed by atoms with Crippen LogP contribution in [0.4, 0.5) is 13.2 Å². The van der Waals surface area contributed by atoms with Gasteiger partial charge < -0.3 is 10.8 Å². The lowest BCUT2D eigenvalue weighted by Gasteiger charge is -2.19. The SMILES string of the molecule is CCC(N)CC(O)c1ccccc1C(F)(F)F. The van der Waals surface area contributed by atoms with Gasteiger partial charge in [0.05, 0.1) is 11.7 Å². The molecule has 0 saturated heterocycles. The minimum absolute atomic E-state index is 0.107. The second-order valence-electron chi connectivity index (χ2n) is 4.00. The average molecular weight is 247 g/mol. The molecule has 17 heavy (non-hydrogen) atoms. The molecule has 0 amide bonds. The predicted octanol–water partition coefficient (Wildman–Crippen LogP) is 2.87. The van der Waals surface area contributed by atoms with E-state index in [1.54, 1.807) is 0 Å². The standard InChI is InChI=1S/C12H16F3NO/c1-2-8(16)7-11(17)9-5-3-4-6-10(9)12(13,14)15/h3-6,8,11,17H,2,7,16H2,1H3. The van der Waals surface area contributed by atoms with Crippen LogP contribution < -0.4 is 5.73 Å². The summed E-state index contributed by atoms with van der Waals surface area (Å²) >= 11 is 0. The quantitative estimate of drug-likeness (QED) is 0.859. The van der Waals surface area contributed by atoms with Crippen molar-refractivity contribution in [3.8, 4) is 0 Å². The lowest BCUT2D eigenvalue weighted by Crippen LogP contribution is -2.23. The topological polar surface area (TPSA) is 46.2 Å². The van der Waals surface area contributed by atoms with Crippen molar-refractivity contribution < 1.29 is 18.3 Å². The summed E-state index contributed by atoms with van der Waals surface area (Å²) in [5, 5.41) is 9.79. The number of alkyl halides is 3. The van der Waals surface area contributed by atoms with Gasteiger partial charge in [-0.2, -0.15) is 13.2 Å². The maximum absolute atomic E-state index is 12.7. The molecule has 0 fully saturated rings. The van der Waals surface area contributed by atoms with Crippen LogP contribution in [0.25, 0.3) is 0 Å². The summed E-state index contributed by atoms with van der Waals surface area (Å²) in [5.41, 5.74) is 4.73. The van der Waals surface area contributed by atoms with Crippen LogP contribution in [0.5, 0.6) is 0 Å². The molecular formula is C12H16F3NO. The van der Waals surface area contributed by atoms with Crippen molar-refractivity contribution >= 4 is 0 Å². The molecule has 0 radical (unpaired) electrons. The van der Waals surface area contributed by atoms with Gasteiger partial charge in [-0.3, -0.25) is 0 Å². The van der Waals surface area contributed by atoms with E-state index >= 15 is 0 Å². The van der Waals surface area contributed by atoms with Gasteiger partial charge >= 0.3 is 6.18 Å². The first-order chi connectivity index (χ1) is 7.86. The van der Waals surface area contributed by atoms with E-state index in [9.17, 15) is 18.3 Å². The number of halogens is 3. The summed E-state index contributed by atoms with van der Waals surface area (Å²) < 4.78 is 38.1. The third-order valence-electron chi connectivity index (χ3n) is 2.68. The molecule has 96 valence electrons. The Morgan fingerprint density at radius 1 is 1.29 bits per heavy atom. The smallest absolute Gasteiger partial charge is 0.388 e. The Kier molecular flexibility index (Phi) is 4.54. The van der Waals surface area contributed by atoms with Crippen molar-refractivity contribution in [1.82, 2.24) is 0 Å². The minimum atomic E-state index is -4.45. The van der Waals surface area contributed by atoms with Crippen LogP contribution in [0.3, 0.4) is 0 Å². The first-order valence-corrected chi connectivity index (χ1v) is 5.46.